The van der Waals surface area contributed by atoms with E-state index in [1.807, 2.05) is 0 Å². The Bertz CT molecular complexity index is 850. The van der Waals surface area contributed by atoms with Crippen LogP contribution in [0, 0.1) is 0 Å². The molecule has 0 fully saturated rings. The van der Waals surface area contributed by atoms with Gasteiger partial charge >= 0.3 is 5.97 Å². The SMILES string of the molecule is CCOC(=O)CC(NC(=O)CNC(=O)c1cccc(N=CNN)c1)c1ccco1. The summed E-state index contributed by atoms with van der Waals surface area (Å²) in [5.41, 5.74) is 3.12. The number of aliphatic imine (C=N–C) groups is 1. The zero-order chi connectivity index (χ0) is 21.1. The van der Waals surface area contributed by atoms with E-state index >= 15 is 0 Å². The van der Waals surface area contributed by atoms with Crippen LogP contribution in [0.2, 0.25) is 0 Å². The molecule has 5 N–H and O–H groups in total. The summed E-state index contributed by atoms with van der Waals surface area (Å²) in [5.74, 6) is 4.13. The lowest BCUT2D eigenvalue weighted by atomic mass is 10.1. The summed E-state index contributed by atoms with van der Waals surface area (Å²) < 4.78 is 10.2. The zero-order valence-electron chi connectivity index (χ0n) is 15.9. The first kappa shape index (κ1) is 21.6. The number of hydrogen-bond acceptors (Lipinski definition) is 7. The molecular formula is C19H23N5O5. The van der Waals surface area contributed by atoms with Gasteiger partial charge < -0.3 is 25.2 Å². The van der Waals surface area contributed by atoms with Gasteiger partial charge in [-0.15, -0.1) is 0 Å². The first-order chi connectivity index (χ1) is 14.0. The van der Waals surface area contributed by atoms with Crippen LogP contribution in [0.5, 0.6) is 0 Å². The highest BCUT2D eigenvalue weighted by Crippen LogP contribution is 2.18. The van der Waals surface area contributed by atoms with E-state index < -0.39 is 23.8 Å². The molecule has 1 unspecified atom stereocenters. The molecule has 0 spiro atoms. The Morgan fingerprint density at radius 3 is 2.79 bits per heavy atom. The smallest absolute Gasteiger partial charge is 0.308 e. The lowest BCUT2D eigenvalue weighted by Crippen LogP contribution is -2.39. The Balaban J connectivity index is 1.93. The van der Waals surface area contributed by atoms with Gasteiger partial charge in [0.25, 0.3) is 5.91 Å². The van der Waals surface area contributed by atoms with Crippen molar-refractivity contribution in [2.75, 3.05) is 13.2 Å². The first-order valence-corrected chi connectivity index (χ1v) is 8.88. The summed E-state index contributed by atoms with van der Waals surface area (Å²) in [6.07, 6.45) is 2.64. The van der Waals surface area contributed by atoms with Gasteiger partial charge in [0.15, 0.2) is 0 Å². The van der Waals surface area contributed by atoms with Crippen molar-refractivity contribution in [3.63, 3.8) is 0 Å². The summed E-state index contributed by atoms with van der Waals surface area (Å²) in [7, 11) is 0. The molecule has 1 atom stereocenters. The molecule has 0 saturated carbocycles. The molecule has 0 saturated heterocycles. The molecule has 0 aliphatic rings. The predicted molar refractivity (Wildman–Crippen MR) is 105 cm³/mol. The standard InChI is InChI=1S/C19H23N5O5/c1-2-28-18(26)10-15(16-7-4-8-29-16)24-17(25)11-21-19(27)13-5-3-6-14(9-13)22-12-23-20/h3-9,12,15H,2,10-11,20H2,1H3,(H,21,27)(H,22,23)(H,24,25). The number of esters is 1. The molecular weight excluding hydrogens is 378 g/mol. The van der Waals surface area contributed by atoms with E-state index in [0.29, 0.717) is 17.0 Å². The highest BCUT2D eigenvalue weighted by molar-refractivity contribution is 5.97. The number of nitrogens with zero attached hydrogens (tertiary/aromatic N) is 1. The number of hydrazine groups is 1. The van der Waals surface area contributed by atoms with Crippen LogP contribution < -0.4 is 21.9 Å². The van der Waals surface area contributed by atoms with Crippen LogP contribution in [0.4, 0.5) is 5.69 Å². The van der Waals surface area contributed by atoms with Gasteiger partial charge in [0.2, 0.25) is 5.91 Å². The number of hydrogen-bond donors (Lipinski definition) is 4. The van der Waals surface area contributed by atoms with E-state index in [1.165, 1.54) is 12.6 Å². The molecule has 2 aromatic rings. The van der Waals surface area contributed by atoms with Crippen LogP contribution in [0.15, 0.2) is 52.1 Å². The van der Waals surface area contributed by atoms with Gasteiger partial charge in [-0.3, -0.25) is 14.4 Å². The molecule has 0 aliphatic carbocycles. The van der Waals surface area contributed by atoms with Crippen LogP contribution in [-0.4, -0.2) is 37.3 Å². The van der Waals surface area contributed by atoms with Crippen LogP contribution in [0.1, 0.15) is 35.5 Å². The average molecular weight is 401 g/mol. The van der Waals surface area contributed by atoms with Crippen molar-refractivity contribution in [1.82, 2.24) is 16.1 Å². The Hall–Kier alpha value is -3.66. The lowest BCUT2D eigenvalue weighted by molar-refractivity contribution is -0.144. The number of furan rings is 1. The van der Waals surface area contributed by atoms with Crippen LogP contribution >= 0.6 is 0 Å². The number of carbonyl (C=O) groups is 3. The second-order valence-electron chi connectivity index (χ2n) is 5.80. The molecule has 10 nitrogen and oxygen atoms in total. The molecule has 1 aromatic heterocycles. The van der Waals surface area contributed by atoms with Gasteiger partial charge in [-0.1, -0.05) is 6.07 Å². The maximum Gasteiger partial charge on any atom is 0.308 e. The third kappa shape index (κ3) is 7.11. The fraction of sp³-hybridized carbons (Fsp3) is 0.263. The lowest BCUT2D eigenvalue weighted by Gasteiger charge is -2.16. The van der Waals surface area contributed by atoms with Crippen molar-refractivity contribution in [3.05, 3.63) is 54.0 Å². The molecule has 10 heteroatoms. The predicted octanol–water partition coefficient (Wildman–Crippen LogP) is 0.943. The quantitative estimate of drug-likeness (QED) is 0.152. The van der Waals surface area contributed by atoms with Crippen molar-refractivity contribution in [1.29, 1.82) is 0 Å². The highest BCUT2D eigenvalue weighted by atomic mass is 16.5. The van der Waals surface area contributed by atoms with Gasteiger partial charge in [0.05, 0.1) is 37.6 Å². The van der Waals surface area contributed by atoms with Crippen LogP contribution in [0.25, 0.3) is 0 Å². The maximum absolute atomic E-state index is 12.3. The minimum absolute atomic E-state index is 0.0870. The van der Waals surface area contributed by atoms with Crippen LogP contribution in [-0.2, 0) is 14.3 Å². The molecule has 0 aliphatic heterocycles. The van der Waals surface area contributed by atoms with Gasteiger partial charge in [0, 0.05) is 5.56 Å². The Kier molecular flexibility index (Phi) is 8.39. The largest absolute Gasteiger partial charge is 0.467 e. The minimum atomic E-state index is -0.699. The Labute approximate surface area is 167 Å². The number of amides is 2. The number of carbonyl (C=O) groups excluding carboxylic acids is 3. The molecule has 154 valence electrons. The van der Waals surface area contributed by atoms with Crippen molar-refractivity contribution in [3.8, 4) is 0 Å². The number of benzene rings is 1. The Morgan fingerprint density at radius 1 is 1.28 bits per heavy atom. The topological polar surface area (TPSA) is 148 Å². The average Bonchev–Trinajstić information content (AvgIpc) is 3.25. The zero-order valence-corrected chi connectivity index (χ0v) is 15.9. The van der Waals surface area contributed by atoms with Crippen LogP contribution in [0.3, 0.4) is 0 Å². The number of rotatable bonds is 10. The first-order valence-electron chi connectivity index (χ1n) is 8.88. The van der Waals surface area contributed by atoms with Crippen molar-refractivity contribution in [2.24, 2.45) is 10.8 Å². The Morgan fingerprint density at radius 2 is 2.10 bits per heavy atom. The normalized spacial score (nSPS) is 11.7. The molecule has 29 heavy (non-hydrogen) atoms. The van der Waals surface area contributed by atoms with Crippen molar-refractivity contribution in [2.45, 2.75) is 19.4 Å². The van der Waals surface area contributed by atoms with E-state index in [1.54, 1.807) is 43.3 Å². The number of ether oxygens (including phenoxy) is 1. The molecule has 1 aromatic carbocycles. The molecule has 1 heterocycles. The molecule has 2 rings (SSSR count). The monoisotopic (exact) mass is 401 g/mol. The van der Waals surface area contributed by atoms with Gasteiger partial charge in [0.1, 0.15) is 12.1 Å². The van der Waals surface area contributed by atoms with Gasteiger partial charge in [-0.25, -0.2) is 10.8 Å². The molecule has 2 amide bonds. The summed E-state index contributed by atoms with van der Waals surface area (Å²) in [6.45, 7) is 1.65. The fourth-order valence-corrected chi connectivity index (χ4v) is 2.45. The maximum atomic E-state index is 12.3. The van der Waals surface area contributed by atoms with E-state index in [2.05, 4.69) is 21.1 Å². The van der Waals surface area contributed by atoms with Gasteiger partial charge in [-0.05, 0) is 37.3 Å². The third-order valence-corrected chi connectivity index (χ3v) is 3.70. The van der Waals surface area contributed by atoms with E-state index in [-0.39, 0.29) is 19.6 Å². The van der Waals surface area contributed by atoms with E-state index in [0.717, 1.165) is 0 Å². The minimum Gasteiger partial charge on any atom is -0.467 e. The van der Waals surface area contributed by atoms with E-state index in [9.17, 15) is 14.4 Å². The summed E-state index contributed by atoms with van der Waals surface area (Å²) in [6, 6.07) is 9.09. The summed E-state index contributed by atoms with van der Waals surface area (Å²) >= 11 is 0. The number of nitrogens with two attached hydrogens (primary N) is 1. The summed E-state index contributed by atoms with van der Waals surface area (Å²) in [5, 5.41) is 5.18. The number of nitrogens with one attached hydrogen (secondary N) is 3. The van der Waals surface area contributed by atoms with E-state index in [4.69, 9.17) is 15.0 Å². The molecule has 0 bridgehead atoms. The summed E-state index contributed by atoms with van der Waals surface area (Å²) in [4.78, 5) is 40.3. The molecule has 0 radical (unpaired) electrons. The third-order valence-electron chi connectivity index (χ3n) is 3.70. The second-order valence-corrected chi connectivity index (χ2v) is 5.80. The highest BCUT2D eigenvalue weighted by Gasteiger charge is 2.21. The fourth-order valence-electron chi connectivity index (χ4n) is 2.45. The van der Waals surface area contributed by atoms with Crippen molar-refractivity contribution < 1.29 is 23.5 Å². The van der Waals surface area contributed by atoms with Gasteiger partial charge in [-0.2, -0.15) is 0 Å². The second kappa shape index (κ2) is 11.2. The van der Waals surface area contributed by atoms with Crippen molar-refractivity contribution >= 4 is 29.8 Å².